The molecule has 5 heteroatoms. The second-order valence-electron chi connectivity index (χ2n) is 7.68. The van der Waals surface area contributed by atoms with Gasteiger partial charge in [-0.3, -0.25) is 9.59 Å². The smallest absolute Gasteiger partial charge is 0.254 e. The minimum absolute atomic E-state index is 0.0438. The van der Waals surface area contributed by atoms with Crippen LogP contribution in [0.4, 0.5) is 0 Å². The van der Waals surface area contributed by atoms with Gasteiger partial charge in [0.25, 0.3) is 5.91 Å². The number of amides is 2. The van der Waals surface area contributed by atoms with Crippen molar-refractivity contribution in [1.29, 1.82) is 0 Å². The van der Waals surface area contributed by atoms with Crippen molar-refractivity contribution in [3.8, 4) is 0 Å². The van der Waals surface area contributed by atoms with Gasteiger partial charge >= 0.3 is 0 Å². The number of benzene rings is 3. The molecule has 0 saturated carbocycles. The van der Waals surface area contributed by atoms with Gasteiger partial charge in [-0.2, -0.15) is 0 Å². The SMILES string of the molecule is O=C(CCc1ccc(Cl)cc1)N1CCCN(C(=O)c2cccc3ccccc23)CC1. The van der Waals surface area contributed by atoms with E-state index in [-0.39, 0.29) is 11.8 Å². The van der Waals surface area contributed by atoms with Gasteiger partial charge in [0.1, 0.15) is 0 Å². The molecule has 0 aliphatic carbocycles. The normalized spacial score (nSPS) is 14.6. The zero-order valence-electron chi connectivity index (χ0n) is 16.9. The predicted molar refractivity (Wildman–Crippen MR) is 121 cm³/mol. The number of fused-ring (bicyclic) bond motifs is 1. The summed E-state index contributed by atoms with van der Waals surface area (Å²) in [4.78, 5) is 29.7. The first kappa shape index (κ1) is 20.4. The third kappa shape index (κ3) is 4.65. The first-order chi connectivity index (χ1) is 14.6. The summed E-state index contributed by atoms with van der Waals surface area (Å²) < 4.78 is 0. The zero-order chi connectivity index (χ0) is 20.9. The van der Waals surface area contributed by atoms with E-state index in [0.29, 0.717) is 44.0 Å². The third-order valence-electron chi connectivity index (χ3n) is 5.70. The highest BCUT2D eigenvalue weighted by atomic mass is 35.5. The fourth-order valence-corrected chi connectivity index (χ4v) is 4.14. The molecule has 3 aromatic rings. The molecule has 30 heavy (non-hydrogen) atoms. The Hall–Kier alpha value is -2.85. The summed E-state index contributed by atoms with van der Waals surface area (Å²) in [5.41, 5.74) is 1.84. The Balaban J connectivity index is 1.38. The molecule has 0 aromatic heterocycles. The van der Waals surface area contributed by atoms with E-state index < -0.39 is 0 Å². The molecular formula is C25H25ClN2O2. The first-order valence-electron chi connectivity index (χ1n) is 10.4. The van der Waals surface area contributed by atoms with E-state index in [1.807, 2.05) is 76.5 Å². The summed E-state index contributed by atoms with van der Waals surface area (Å²) >= 11 is 5.92. The molecular weight excluding hydrogens is 396 g/mol. The van der Waals surface area contributed by atoms with E-state index in [1.165, 1.54) is 0 Å². The second kappa shape index (κ2) is 9.31. The average Bonchev–Trinajstić information content (AvgIpc) is 3.04. The van der Waals surface area contributed by atoms with Gasteiger partial charge in [0.15, 0.2) is 0 Å². The summed E-state index contributed by atoms with van der Waals surface area (Å²) in [6.45, 7) is 2.51. The number of hydrogen-bond acceptors (Lipinski definition) is 2. The summed E-state index contributed by atoms with van der Waals surface area (Å²) in [7, 11) is 0. The van der Waals surface area contributed by atoms with E-state index in [4.69, 9.17) is 11.6 Å². The van der Waals surface area contributed by atoms with Crippen LogP contribution >= 0.6 is 11.6 Å². The van der Waals surface area contributed by atoms with Gasteiger partial charge in [0.2, 0.25) is 5.91 Å². The lowest BCUT2D eigenvalue weighted by Gasteiger charge is -2.23. The van der Waals surface area contributed by atoms with E-state index >= 15 is 0 Å². The molecule has 0 unspecified atom stereocenters. The maximum absolute atomic E-state index is 13.2. The van der Waals surface area contributed by atoms with Crippen molar-refractivity contribution in [3.05, 3.63) is 82.9 Å². The maximum Gasteiger partial charge on any atom is 0.254 e. The number of nitrogens with zero attached hydrogens (tertiary/aromatic N) is 2. The Bertz CT molecular complexity index is 1040. The van der Waals surface area contributed by atoms with Gasteiger partial charge in [-0.25, -0.2) is 0 Å². The molecule has 4 rings (SSSR count). The topological polar surface area (TPSA) is 40.6 Å². The number of halogens is 1. The predicted octanol–water partition coefficient (Wildman–Crippen LogP) is 4.80. The number of rotatable bonds is 4. The van der Waals surface area contributed by atoms with Crippen molar-refractivity contribution < 1.29 is 9.59 Å². The lowest BCUT2D eigenvalue weighted by Crippen LogP contribution is -2.37. The van der Waals surface area contributed by atoms with Gasteiger partial charge in [-0.05, 0) is 47.4 Å². The summed E-state index contributed by atoms with van der Waals surface area (Å²) in [6, 6.07) is 21.4. The quantitative estimate of drug-likeness (QED) is 0.608. The number of carbonyl (C=O) groups is 2. The maximum atomic E-state index is 13.2. The van der Waals surface area contributed by atoms with Crippen LogP contribution in [0.15, 0.2) is 66.7 Å². The van der Waals surface area contributed by atoms with Gasteiger partial charge in [-0.1, -0.05) is 60.1 Å². The van der Waals surface area contributed by atoms with Crippen molar-refractivity contribution >= 4 is 34.2 Å². The minimum Gasteiger partial charge on any atom is -0.341 e. The van der Waals surface area contributed by atoms with E-state index in [9.17, 15) is 9.59 Å². The average molecular weight is 421 g/mol. The molecule has 1 heterocycles. The standard InChI is InChI=1S/C25H25ClN2O2/c26-21-12-9-19(10-13-21)11-14-24(29)27-15-4-16-28(18-17-27)25(30)23-8-3-6-20-5-1-2-7-22(20)23/h1-3,5-10,12-13H,4,11,14-18H2. The summed E-state index contributed by atoms with van der Waals surface area (Å²) in [6.07, 6.45) is 1.97. The number of aryl methyl sites for hydroxylation is 1. The third-order valence-corrected chi connectivity index (χ3v) is 5.95. The molecule has 4 nitrogen and oxygen atoms in total. The van der Waals surface area contributed by atoms with Gasteiger partial charge in [0.05, 0.1) is 0 Å². The summed E-state index contributed by atoms with van der Waals surface area (Å²) in [5, 5.41) is 2.75. The molecule has 0 N–H and O–H groups in total. The first-order valence-corrected chi connectivity index (χ1v) is 10.8. The van der Waals surface area contributed by atoms with Crippen LogP contribution < -0.4 is 0 Å². The molecule has 154 valence electrons. The molecule has 1 aliphatic heterocycles. The van der Waals surface area contributed by atoms with Crippen molar-refractivity contribution in [1.82, 2.24) is 9.80 Å². The largest absolute Gasteiger partial charge is 0.341 e. The van der Waals surface area contributed by atoms with Crippen LogP contribution in [-0.2, 0) is 11.2 Å². The Kier molecular flexibility index (Phi) is 6.34. The molecule has 0 spiro atoms. The fraction of sp³-hybridized carbons (Fsp3) is 0.280. The van der Waals surface area contributed by atoms with Crippen molar-refractivity contribution in [3.63, 3.8) is 0 Å². The van der Waals surface area contributed by atoms with Crippen LogP contribution in [0, 0.1) is 0 Å². The highest BCUT2D eigenvalue weighted by Crippen LogP contribution is 2.21. The Morgan fingerprint density at radius 1 is 0.800 bits per heavy atom. The lowest BCUT2D eigenvalue weighted by atomic mass is 10.0. The lowest BCUT2D eigenvalue weighted by molar-refractivity contribution is -0.131. The molecule has 1 aliphatic rings. The number of carbonyl (C=O) groups excluding carboxylic acids is 2. The highest BCUT2D eigenvalue weighted by molar-refractivity contribution is 6.30. The zero-order valence-corrected chi connectivity index (χ0v) is 17.6. The van der Waals surface area contributed by atoms with Crippen molar-refractivity contribution in [2.24, 2.45) is 0 Å². The van der Waals surface area contributed by atoms with Crippen LogP contribution in [0.1, 0.15) is 28.8 Å². The fourth-order valence-electron chi connectivity index (χ4n) is 4.01. The molecule has 3 aromatic carbocycles. The van der Waals surface area contributed by atoms with Crippen molar-refractivity contribution in [2.45, 2.75) is 19.3 Å². The Morgan fingerprint density at radius 3 is 2.33 bits per heavy atom. The molecule has 0 radical (unpaired) electrons. The number of hydrogen-bond donors (Lipinski definition) is 0. The minimum atomic E-state index is 0.0438. The molecule has 1 saturated heterocycles. The van der Waals surface area contributed by atoms with Crippen LogP contribution in [0.5, 0.6) is 0 Å². The van der Waals surface area contributed by atoms with Gasteiger partial charge < -0.3 is 9.80 Å². The van der Waals surface area contributed by atoms with E-state index in [1.54, 1.807) is 0 Å². The molecule has 2 amide bonds. The van der Waals surface area contributed by atoms with Crippen LogP contribution in [-0.4, -0.2) is 47.8 Å². The summed E-state index contributed by atoms with van der Waals surface area (Å²) in [5.74, 6) is 0.187. The second-order valence-corrected chi connectivity index (χ2v) is 8.12. The monoisotopic (exact) mass is 420 g/mol. The van der Waals surface area contributed by atoms with E-state index in [2.05, 4.69) is 0 Å². The molecule has 0 bridgehead atoms. The van der Waals surface area contributed by atoms with Gasteiger partial charge in [-0.15, -0.1) is 0 Å². The van der Waals surface area contributed by atoms with Crippen molar-refractivity contribution in [2.75, 3.05) is 26.2 Å². The molecule has 1 fully saturated rings. The van der Waals surface area contributed by atoms with Gasteiger partial charge in [0, 0.05) is 43.2 Å². The van der Waals surface area contributed by atoms with Crippen LogP contribution in [0.3, 0.4) is 0 Å². The molecule has 0 atom stereocenters. The van der Waals surface area contributed by atoms with Crippen LogP contribution in [0.25, 0.3) is 10.8 Å². The van der Waals surface area contributed by atoms with E-state index in [0.717, 1.165) is 28.3 Å². The highest BCUT2D eigenvalue weighted by Gasteiger charge is 2.23. The van der Waals surface area contributed by atoms with Crippen LogP contribution in [0.2, 0.25) is 5.02 Å². The Morgan fingerprint density at radius 2 is 1.50 bits per heavy atom. The Labute approximate surface area is 182 Å².